The zero-order valence-electron chi connectivity index (χ0n) is 58.9. The van der Waals surface area contributed by atoms with Gasteiger partial charge in [-0.25, -0.2) is 23.1 Å². The van der Waals surface area contributed by atoms with Gasteiger partial charge < -0.3 is 42.6 Å². The molecule has 0 radical (unpaired) electrons. The number of alkyl halides is 10. The summed E-state index contributed by atoms with van der Waals surface area (Å²) in [6, 6.07) is 15.1. The highest BCUT2D eigenvalue weighted by Gasteiger charge is 2.51. The number of halogens is 14. The molecule has 11 nitrogen and oxygen atoms in total. The van der Waals surface area contributed by atoms with Crippen LogP contribution < -0.4 is 37.9 Å². The van der Waals surface area contributed by atoms with Gasteiger partial charge in [0, 0.05) is 29.3 Å². The van der Waals surface area contributed by atoms with Crippen molar-refractivity contribution < 1.29 is 90.9 Å². The van der Waals surface area contributed by atoms with Crippen LogP contribution >= 0.6 is 34.8 Å². The standard InChI is InChI=1S/C14H24O.C13H20O.C12H14ClF3O2.C12H14F4O.C11H12ClF4NO2.C10H14ClNO2/c1-10(2)15-9-14-6-11-3-12(7-14)5-13(4-11)8-14;1-10-6-7-12(8-11(10)2)14-9-13(3,4)5;1-11(2,3)7-17-9-4-8(13)5-10(6-9)18-12(14,15)16;1-11(2,3)7-17-10-5-8(12(14,15)16)4-9(13)6-10;1-6(2)19-7-3-8(12)9(17-4-7)18-5-11(15,16)10(13)14;1-4-13-10-9(11)5-8(6-12-10)14-7(2)3/h10-13H,3-9H2,1-2H3;6-8H,9H2,1-5H3;4-6H,7H2,1-3H3;4-6H,7H2,1-3H3;3-4,6,10H,5H2,1-2H3;5-7H,4H2,1-3H3. The molecule has 0 saturated heterocycles. The summed E-state index contributed by atoms with van der Waals surface area (Å²) in [7, 11) is 0. The van der Waals surface area contributed by atoms with E-state index in [0.29, 0.717) is 53.2 Å². The van der Waals surface area contributed by atoms with Crippen molar-refractivity contribution in [2.75, 3.05) is 39.6 Å². The molecule has 4 fully saturated rings. The largest absolute Gasteiger partial charge is 0.573 e. The Bertz CT molecular complexity index is 3130. The first-order valence-corrected chi connectivity index (χ1v) is 33.2. The van der Waals surface area contributed by atoms with Crippen molar-refractivity contribution in [3.63, 3.8) is 0 Å². The summed E-state index contributed by atoms with van der Waals surface area (Å²) in [5.74, 6) is -0.205. The van der Waals surface area contributed by atoms with E-state index in [0.717, 1.165) is 61.0 Å². The van der Waals surface area contributed by atoms with E-state index in [9.17, 15) is 48.3 Å². The quantitative estimate of drug-likeness (QED) is 0.0695. The second-order valence-electron chi connectivity index (χ2n) is 28.9. The van der Waals surface area contributed by atoms with Gasteiger partial charge in [0.15, 0.2) is 6.61 Å². The summed E-state index contributed by atoms with van der Waals surface area (Å²) in [4.78, 5) is 7.68. The Labute approximate surface area is 581 Å². The second-order valence-corrected chi connectivity index (χ2v) is 30.2. The van der Waals surface area contributed by atoms with Gasteiger partial charge in [-0.1, -0.05) is 103 Å². The Morgan fingerprint density at radius 1 is 0.505 bits per heavy atom. The van der Waals surface area contributed by atoms with Gasteiger partial charge in [-0.05, 0) is 188 Å². The van der Waals surface area contributed by atoms with Gasteiger partial charge in [-0.3, -0.25) is 0 Å². The molecule has 4 bridgehead atoms. The molecule has 97 heavy (non-hydrogen) atoms. The third kappa shape index (κ3) is 34.9. The third-order valence-electron chi connectivity index (χ3n) is 14.0. The molecule has 0 atom stereocenters. The van der Waals surface area contributed by atoms with Crippen LogP contribution in [0.2, 0.25) is 15.1 Å². The number of nitrogens with zero attached hydrogens (tertiary/aromatic N) is 2. The van der Waals surface area contributed by atoms with Gasteiger partial charge in [-0.2, -0.15) is 22.0 Å². The highest BCUT2D eigenvalue weighted by atomic mass is 35.5. The van der Waals surface area contributed by atoms with Gasteiger partial charge in [0.2, 0.25) is 11.8 Å². The molecule has 0 N–H and O–H groups in total. The maximum Gasteiger partial charge on any atom is 0.573 e. The number of hydrogen-bond donors (Lipinski definition) is 0. The number of rotatable bonds is 20. The number of aryl methyl sites for hydroxylation is 2. The average molecular weight is 1450 g/mol. The zero-order valence-corrected chi connectivity index (χ0v) is 61.2. The fraction of sp³-hybridized carbons (Fsp3) is 0.611. The van der Waals surface area contributed by atoms with Crippen molar-refractivity contribution in [3.8, 4) is 46.3 Å². The molecule has 9 rings (SSSR count). The number of pyridine rings is 2. The van der Waals surface area contributed by atoms with Crippen molar-refractivity contribution in [2.45, 2.75) is 206 Å². The molecular weight excluding hydrogens is 1350 g/mol. The lowest BCUT2D eigenvalue weighted by atomic mass is 9.50. The van der Waals surface area contributed by atoms with Crippen LogP contribution in [0.15, 0.2) is 79.1 Å². The third-order valence-corrected chi connectivity index (χ3v) is 14.7. The lowest BCUT2D eigenvalue weighted by molar-refractivity contribution is -0.274. The highest BCUT2D eigenvalue weighted by Crippen LogP contribution is 2.60. The van der Waals surface area contributed by atoms with Gasteiger partial charge in [0.25, 0.3) is 0 Å². The molecule has 0 aliphatic heterocycles. The minimum Gasteiger partial charge on any atom is -0.493 e. The number of ether oxygens (including phenoxy) is 9. The molecule has 2 heterocycles. The number of hydrogen-bond acceptors (Lipinski definition) is 11. The van der Waals surface area contributed by atoms with Crippen LogP contribution in [0.25, 0.3) is 0 Å². The molecule has 0 amide bonds. The first kappa shape index (κ1) is 85.6. The Balaban J connectivity index is 0.000000304. The number of aromatic nitrogens is 2. The van der Waals surface area contributed by atoms with Crippen molar-refractivity contribution in [1.29, 1.82) is 0 Å². The van der Waals surface area contributed by atoms with Crippen LogP contribution in [-0.4, -0.2) is 86.6 Å². The summed E-state index contributed by atoms with van der Waals surface area (Å²) in [5.41, 5.74) is 2.08. The molecule has 0 spiro atoms. The lowest BCUT2D eigenvalue weighted by Gasteiger charge is -2.56. The van der Waals surface area contributed by atoms with Crippen LogP contribution in [0.1, 0.15) is 166 Å². The van der Waals surface area contributed by atoms with Gasteiger partial charge >= 0.3 is 24.9 Å². The Morgan fingerprint density at radius 2 is 0.948 bits per heavy atom. The summed E-state index contributed by atoms with van der Waals surface area (Å²) < 4.78 is 182. The van der Waals surface area contributed by atoms with E-state index < -0.39 is 42.9 Å². The van der Waals surface area contributed by atoms with Gasteiger partial charge in [0.05, 0.1) is 69.3 Å². The molecule has 2 aromatic heterocycles. The van der Waals surface area contributed by atoms with E-state index in [1.807, 2.05) is 68.4 Å². The van der Waals surface area contributed by atoms with Crippen LogP contribution in [0.3, 0.4) is 0 Å². The topological polar surface area (TPSA) is 109 Å². The smallest absolute Gasteiger partial charge is 0.493 e. The maximum absolute atomic E-state index is 13.0. The highest BCUT2D eigenvalue weighted by molar-refractivity contribution is 6.32. The van der Waals surface area contributed by atoms with E-state index in [1.165, 1.54) is 48.7 Å². The molecule has 0 unspecified atom stereocenters. The predicted molar refractivity (Wildman–Crippen MR) is 360 cm³/mol. The van der Waals surface area contributed by atoms with Crippen molar-refractivity contribution in [2.24, 2.45) is 39.4 Å². The Hall–Kier alpha value is -5.58. The van der Waals surface area contributed by atoms with Crippen molar-refractivity contribution in [1.82, 2.24) is 9.97 Å². The molecule has 3 aromatic carbocycles. The van der Waals surface area contributed by atoms with E-state index in [-0.39, 0.29) is 68.2 Å². The predicted octanol–water partition coefficient (Wildman–Crippen LogP) is 23.0. The second kappa shape index (κ2) is 37.7. The monoisotopic (exact) mass is 1450 g/mol. The Kier molecular flexibility index (Phi) is 33.3. The van der Waals surface area contributed by atoms with Crippen LogP contribution in [0.5, 0.6) is 46.3 Å². The van der Waals surface area contributed by atoms with Gasteiger partial charge in [-0.15, -0.1) is 13.2 Å². The van der Waals surface area contributed by atoms with E-state index >= 15 is 0 Å². The van der Waals surface area contributed by atoms with E-state index in [1.54, 1.807) is 45.4 Å². The summed E-state index contributed by atoms with van der Waals surface area (Å²) in [5, 5.41) is 0.508. The van der Waals surface area contributed by atoms with Gasteiger partial charge in [0.1, 0.15) is 50.4 Å². The van der Waals surface area contributed by atoms with Crippen LogP contribution in [0, 0.1) is 59.1 Å². The fourth-order valence-electron chi connectivity index (χ4n) is 10.2. The minimum absolute atomic E-state index is 0.0942. The first-order chi connectivity index (χ1) is 44.5. The minimum atomic E-state index is -4.74. The Morgan fingerprint density at radius 3 is 1.34 bits per heavy atom. The molecule has 4 saturated carbocycles. The summed E-state index contributed by atoms with van der Waals surface area (Å²) >= 11 is 17.3. The molecular formula is C72H98Cl3F11N2O9. The van der Waals surface area contributed by atoms with Crippen molar-refractivity contribution >= 4 is 34.8 Å². The van der Waals surface area contributed by atoms with Crippen LogP contribution in [0.4, 0.5) is 48.3 Å². The molecule has 4 aliphatic rings. The van der Waals surface area contributed by atoms with E-state index in [4.69, 9.17) is 68.0 Å². The van der Waals surface area contributed by atoms with Crippen LogP contribution in [-0.2, 0) is 10.9 Å². The molecule has 25 heteroatoms. The normalized spacial score (nSPS) is 17.4. The SMILES string of the molecule is CC(C)(C)COc1cc(Cl)cc(OC(F)(F)F)c1.CC(C)(C)COc1cc(F)cc(C(F)(F)F)c1.CC(C)OCC12CC3CC(CC(C3)C1)C2.CC(C)Oc1cnc(OCC(F)(F)C(F)F)c(Cl)c1.CCOc1ncc(OC(C)C)cc1Cl.Cc1ccc(OCC(C)(C)C)cc1C. The fourth-order valence-corrected chi connectivity index (χ4v) is 10.8. The summed E-state index contributed by atoms with van der Waals surface area (Å²) in [6.45, 7) is 37.3. The average Bonchev–Trinajstić information content (AvgIpc) is 0.754. The first-order valence-electron chi connectivity index (χ1n) is 32.1. The maximum atomic E-state index is 13.0. The lowest BCUT2D eigenvalue weighted by Crippen LogP contribution is -2.48. The molecule has 4 aliphatic carbocycles. The van der Waals surface area contributed by atoms with E-state index in [2.05, 4.69) is 80.0 Å². The molecule has 548 valence electrons. The molecule has 5 aromatic rings. The zero-order chi connectivity index (χ0) is 73.7. The van der Waals surface area contributed by atoms with Crippen molar-refractivity contribution in [3.05, 3.63) is 117 Å². The number of benzene rings is 3. The summed E-state index contributed by atoms with van der Waals surface area (Å²) in [6.07, 6.45) is -0.829.